The first kappa shape index (κ1) is 13.7. The molecule has 0 bridgehead atoms. The van der Waals surface area contributed by atoms with Gasteiger partial charge in [0.2, 0.25) is 0 Å². The van der Waals surface area contributed by atoms with Crippen LogP contribution in [-0.4, -0.2) is 23.1 Å². The number of pyridine rings is 1. The van der Waals surface area contributed by atoms with Crippen LogP contribution < -0.4 is 5.32 Å². The Kier molecular flexibility index (Phi) is 4.43. The van der Waals surface area contributed by atoms with E-state index >= 15 is 0 Å². The minimum atomic E-state index is 0.590. The summed E-state index contributed by atoms with van der Waals surface area (Å²) in [5.41, 5.74) is 2.48. The molecule has 0 saturated heterocycles. The molecule has 3 nitrogen and oxygen atoms in total. The number of fused-ring (bicyclic) bond motifs is 1. The molecule has 4 heteroatoms. The zero-order valence-corrected chi connectivity index (χ0v) is 12.7. The predicted octanol–water partition coefficient (Wildman–Crippen LogP) is 3.62. The highest BCUT2D eigenvalue weighted by Crippen LogP contribution is 2.37. The van der Waals surface area contributed by atoms with Gasteiger partial charge in [-0.3, -0.25) is 4.98 Å². The van der Waals surface area contributed by atoms with Crippen LogP contribution in [0.15, 0.2) is 24.5 Å². The van der Waals surface area contributed by atoms with Gasteiger partial charge in [-0.15, -0.1) is 11.3 Å². The number of aryl methyl sites for hydroxylation is 1. The standard InChI is InChI=1S/C16H21N3S/c1-2-8-17-10-12-5-3-7-14-15(12)19-16(20-14)13-6-4-9-18-11-13/h4,6,9,11-12,17H,2-3,5,7-8,10H2,1H3. The van der Waals surface area contributed by atoms with Crippen LogP contribution in [0.2, 0.25) is 0 Å². The molecule has 0 aliphatic heterocycles. The Balaban J connectivity index is 1.81. The van der Waals surface area contributed by atoms with Gasteiger partial charge in [-0.25, -0.2) is 4.98 Å². The van der Waals surface area contributed by atoms with E-state index in [0.29, 0.717) is 5.92 Å². The highest BCUT2D eigenvalue weighted by Gasteiger charge is 2.24. The van der Waals surface area contributed by atoms with Gasteiger partial charge in [-0.1, -0.05) is 6.92 Å². The molecule has 0 aromatic carbocycles. The molecule has 2 aromatic rings. The van der Waals surface area contributed by atoms with Crippen molar-refractivity contribution in [1.29, 1.82) is 0 Å². The van der Waals surface area contributed by atoms with Crippen LogP contribution in [0.4, 0.5) is 0 Å². The molecule has 0 spiro atoms. The van der Waals surface area contributed by atoms with E-state index < -0.39 is 0 Å². The second-order valence-corrected chi connectivity index (χ2v) is 6.45. The van der Waals surface area contributed by atoms with Gasteiger partial charge in [0.15, 0.2) is 0 Å². The maximum atomic E-state index is 4.92. The van der Waals surface area contributed by atoms with Gasteiger partial charge in [-0.05, 0) is 44.4 Å². The molecule has 106 valence electrons. The highest BCUT2D eigenvalue weighted by molar-refractivity contribution is 7.15. The van der Waals surface area contributed by atoms with Gasteiger partial charge in [0, 0.05) is 35.3 Å². The van der Waals surface area contributed by atoms with Gasteiger partial charge in [-0.2, -0.15) is 0 Å². The minimum Gasteiger partial charge on any atom is -0.316 e. The van der Waals surface area contributed by atoms with Crippen LogP contribution in [0.5, 0.6) is 0 Å². The van der Waals surface area contributed by atoms with Crippen LogP contribution in [-0.2, 0) is 6.42 Å². The van der Waals surface area contributed by atoms with Crippen molar-refractivity contribution in [3.63, 3.8) is 0 Å². The van der Waals surface area contributed by atoms with Crippen LogP contribution in [0, 0.1) is 0 Å². The first-order chi connectivity index (χ1) is 9.88. The maximum Gasteiger partial charge on any atom is 0.125 e. The molecular weight excluding hydrogens is 266 g/mol. The smallest absolute Gasteiger partial charge is 0.125 e. The molecule has 1 N–H and O–H groups in total. The predicted molar refractivity (Wildman–Crippen MR) is 84.2 cm³/mol. The van der Waals surface area contributed by atoms with Crippen LogP contribution in [0.3, 0.4) is 0 Å². The minimum absolute atomic E-state index is 0.590. The van der Waals surface area contributed by atoms with E-state index in [1.165, 1.54) is 36.3 Å². The lowest BCUT2D eigenvalue weighted by Gasteiger charge is -2.21. The third-order valence-electron chi connectivity index (χ3n) is 3.80. The molecule has 2 heterocycles. The number of thiazole rings is 1. The molecule has 2 aromatic heterocycles. The molecule has 1 aliphatic carbocycles. The van der Waals surface area contributed by atoms with E-state index in [1.54, 1.807) is 0 Å². The molecule has 1 unspecified atom stereocenters. The Hall–Kier alpha value is -1.26. The summed E-state index contributed by atoms with van der Waals surface area (Å²) in [5, 5.41) is 4.68. The molecular formula is C16H21N3S. The topological polar surface area (TPSA) is 37.8 Å². The fourth-order valence-corrected chi connectivity index (χ4v) is 3.95. The van der Waals surface area contributed by atoms with Crippen molar-refractivity contribution in [2.75, 3.05) is 13.1 Å². The lowest BCUT2D eigenvalue weighted by molar-refractivity contribution is 0.502. The second-order valence-electron chi connectivity index (χ2n) is 5.36. The normalized spacial score (nSPS) is 17.9. The number of rotatable bonds is 5. The van der Waals surface area contributed by atoms with Gasteiger partial charge in [0.1, 0.15) is 5.01 Å². The largest absolute Gasteiger partial charge is 0.316 e. The Labute approximate surface area is 124 Å². The summed E-state index contributed by atoms with van der Waals surface area (Å²) in [6.07, 6.45) is 8.66. The summed E-state index contributed by atoms with van der Waals surface area (Å²) in [4.78, 5) is 10.6. The number of nitrogens with one attached hydrogen (secondary N) is 1. The summed E-state index contributed by atoms with van der Waals surface area (Å²) in [6, 6.07) is 4.08. The Bertz CT molecular complexity index is 550. The third kappa shape index (κ3) is 2.91. The van der Waals surface area contributed by atoms with Gasteiger partial charge in [0.05, 0.1) is 5.69 Å². The fourth-order valence-electron chi connectivity index (χ4n) is 2.77. The molecule has 3 rings (SSSR count). The van der Waals surface area contributed by atoms with Gasteiger partial charge in [0.25, 0.3) is 0 Å². The van der Waals surface area contributed by atoms with E-state index in [0.717, 1.165) is 23.7 Å². The SMILES string of the molecule is CCCNCC1CCCc2sc(-c3cccnc3)nc21. The van der Waals surface area contributed by atoms with Crippen LogP contribution in [0.25, 0.3) is 10.6 Å². The first-order valence-corrected chi connectivity index (χ1v) is 8.31. The van der Waals surface area contributed by atoms with Crippen molar-refractivity contribution in [2.24, 2.45) is 0 Å². The first-order valence-electron chi connectivity index (χ1n) is 7.49. The third-order valence-corrected chi connectivity index (χ3v) is 4.98. The molecule has 1 atom stereocenters. The Morgan fingerprint density at radius 3 is 3.20 bits per heavy atom. The average Bonchev–Trinajstić information content (AvgIpc) is 2.93. The van der Waals surface area contributed by atoms with Crippen molar-refractivity contribution < 1.29 is 0 Å². The Morgan fingerprint density at radius 1 is 1.45 bits per heavy atom. The summed E-state index contributed by atoms with van der Waals surface area (Å²) in [5.74, 6) is 0.590. The average molecular weight is 287 g/mol. The van der Waals surface area contributed by atoms with E-state index in [9.17, 15) is 0 Å². The number of aromatic nitrogens is 2. The van der Waals surface area contributed by atoms with Crippen molar-refractivity contribution in [2.45, 2.75) is 38.5 Å². The van der Waals surface area contributed by atoms with E-state index in [4.69, 9.17) is 4.98 Å². The molecule has 0 radical (unpaired) electrons. The lowest BCUT2D eigenvalue weighted by atomic mass is 9.91. The van der Waals surface area contributed by atoms with Crippen LogP contribution >= 0.6 is 11.3 Å². The van der Waals surface area contributed by atoms with Gasteiger partial charge >= 0.3 is 0 Å². The van der Waals surface area contributed by atoms with Crippen molar-refractivity contribution in [3.05, 3.63) is 35.1 Å². The molecule has 20 heavy (non-hydrogen) atoms. The maximum absolute atomic E-state index is 4.92. The fraction of sp³-hybridized carbons (Fsp3) is 0.500. The van der Waals surface area contributed by atoms with Crippen molar-refractivity contribution in [1.82, 2.24) is 15.3 Å². The Morgan fingerprint density at radius 2 is 2.40 bits per heavy atom. The van der Waals surface area contributed by atoms with Crippen molar-refractivity contribution >= 4 is 11.3 Å². The molecule has 0 saturated carbocycles. The summed E-state index contributed by atoms with van der Waals surface area (Å²) in [7, 11) is 0. The zero-order chi connectivity index (χ0) is 13.8. The highest BCUT2D eigenvalue weighted by atomic mass is 32.1. The molecule has 1 aliphatic rings. The summed E-state index contributed by atoms with van der Waals surface area (Å²) >= 11 is 1.85. The van der Waals surface area contributed by atoms with E-state index in [2.05, 4.69) is 23.3 Å². The van der Waals surface area contributed by atoms with E-state index in [1.807, 2.05) is 29.8 Å². The monoisotopic (exact) mass is 287 g/mol. The number of nitrogens with zero attached hydrogens (tertiary/aromatic N) is 2. The number of hydrogen-bond donors (Lipinski definition) is 1. The quantitative estimate of drug-likeness (QED) is 0.853. The number of hydrogen-bond acceptors (Lipinski definition) is 4. The summed E-state index contributed by atoms with van der Waals surface area (Å²) < 4.78 is 0. The zero-order valence-electron chi connectivity index (χ0n) is 11.9. The molecule has 0 amide bonds. The lowest BCUT2D eigenvalue weighted by Crippen LogP contribution is -2.24. The summed E-state index contributed by atoms with van der Waals surface area (Å²) in [6.45, 7) is 4.38. The second kappa shape index (κ2) is 6.46. The van der Waals surface area contributed by atoms with E-state index in [-0.39, 0.29) is 0 Å². The van der Waals surface area contributed by atoms with Crippen LogP contribution in [0.1, 0.15) is 42.7 Å². The van der Waals surface area contributed by atoms with Gasteiger partial charge < -0.3 is 5.32 Å². The van der Waals surface area contributed by atoms with Crippen molar-refractivity contribution in [3.8, 4) is 10.6 Å². The molecule has 0 fully saturated rings.